The molecule has 4 nitrogen and oxygen atoms in total. The molecule has 1 atom stereocenters. The summed E-state index contributed by atoms with van der Waals surface area (Å²) in [5.41, 5.74) is 2.45. The maximum absolute atomic E-state index is 13.0. The lowest BCUT2D eigenvalue weighted by Gasteiger charge is -2.23. The van der Waals surface area contributed by atoms with Crippen molar-refractivity contribution >= 4 is 33.7 Å². The van der Waals surface area contributed by atoms with Crippen molar-refractivity contribution in [3.63, 3.8) is 0 Å². The van der Waals surface area contributed by atoms with Gasteiger partial charge in [-0.25, -0.2) is 0 Å². The van der Waals surface area contributed by atoms with E-state index in [-0.39, 0.29) is 5.75 Å². The molecule has 126 valence electrons. The Morgan fingerprint density at radius 1 is 1.04 bits per heavy atom. The van der Waals surface area contributed by atoms with E-state index in [0.717, 1.165) is 17.4 Å². The van der Waals surface area contributed by atoms with E-state index in [0.29, 0.717) is 18.2 Å². The fourth-order valence-corrected chi connectivity index (χ4v) is 2.94. The normalized spacial score (nSPS) is 13.7. The zero-order valence-electron chi connectivity index (χ0n) is 13.3. The fraction of sp³-hybridized carbons (Fsp3) is 0.500. The number of hydrogen-bond acceptors (Lipinski definition) is 3. The molecule has 0 saturated carbocycles. The molecule has 0 bridgehead atoms. The predicted octanol–water partition coefficient (Wildman–Crippen LogP) is -0.717. The molecule has 0 fully saturated rings. The van der Waals surface area contributed by atoms with E-state index in [9.17, 15) is 21.6 Å². The van der Waals surface area contributed by atoms with Crippen molar-refractivity contribution in [1.82, 2.24) is 0 Å². The van der Waals surface area contributed by atoms with Gasteiger partial charge in [0.05, 0.1) is 0 Å². The molecule has 1 aromatic rings. The minimum Gasteiger partial charge on any atom is -0.479 e. The molecule has 11 heteroatoms. The number of benzene rings is 1. The zero-order chi connectivity index (χ0) is 17.8. The number of hydrogen-bond donors (Lipinski definition) is 1. The van der Waals surface area contributed by atoms with Crippen LogP contribution in [0.2, 0.25) is 0 Å². The first-order valence-electron chi connectivity index (χ1n) is 7.34. The molecule has 0 aliphatic rings. The molecule has 1 unspecified atom stereocenters. The monoisotopic (exact) mass is 348 g/mol. The SMILES string of the molecule is BCc1cc(CB)c(OC(CS(=O)(=O)O)C(F)(F)F)cc1CB. The van der Waals surface area contributed by atoms with E-state index >= 15 is 0 Å². The summed E-state index contributed by atoms with van der Waals surface area (Å²) in [6.45, 7) is 0. The smallest absolute Gasteiger partial charge is 0.426 e. The number of halogens is 3. The second-order valence-corrected chi connectivity index (χ2v) is 6.68. The quantitative estimate of drug-likeness (QED) is 0.522. The first-order valence-corrected chi connectivity index (χ1v) is 8.95. The Morgan fingerprint density at radius 3 is 1.91 bits per heavy atom. The maximum Gasteiger partial charge on any atom is 0.426 e. The first kappa shape index (κ1) is 20.0. The Morgan fingerprint density at radius 2 is 1.52 bits per heavy atom. The van der Waals surface area contributed by atoms with Crippen LogP contribution in [-0.2, 0) is 29.1 Å². The van der Waals surface area contributed by atoms with Gasteiger partial charge >= 0.3 is 6.18 Å². The lowest BCUT2D eigenvalue weighted by molar-refractivity contribution is -0.188. The third-order valence-electron chi connectivity index (χ3n) is 3.52. The summed E-state index contributed by atoms with van der Waals surface area (Å²) in [6.07, 6.45) is -5.71. The standard InChI is InChI=1S/C12H18B3F3O4S/c13-3-7-1-9(5-15)10(2-8(7)4-14)22-11(12(16,17)18)6-23(19,20)21/h1-2,11H,3-6,13-15H2,(H,19,20,21). The van der Waals surface area contributed by atoms with Crippen LogP contribution in [0.5, 0.6) is 5.75 Å². The molecule has 0 heterocycles. The highest BCUT2D eigenvalue weighted by atomic mass is 32.2. The molecular formula is C12H18B3F3O4S. The molecule has 1 rings (SSSR count). The molecule has 23 heavy (non-hydrogen) atoms. The van der Waals surface area contributed by atoms with Crippen molar-refractivity contribution in [3.8, 4) is 5.75 Å². The van der Waals surface area contributed by atoms with Gasteiger partial charge in [-0.1, -0.05) is 30.6 Å². The molecule has 1 aromatic carbocycles. The van der Waals surface area contributed by atoms with Crippen LogP contribution in [0, 0.1) is 0 Å². The topological polar surface area (TPSA) is 63.6 Å². The molecule has 0 radical (unpaired) electrons. The van der Waals surface area contributed by atoms with Crippen molar-refractivity contribution in [1.29, 1.82) is 0 Å². The summed E-state index contributed by atoms with van der Waals surface area (Å²) in [5.74, 6) is -1.52. The number of ether oxygens (including phenoxy) is 1. The summed E-state index contributed by atoms with van der Waals surface area (Å²) in [5, 5.41) is 0. The largest absolute Gasteiger partial charge is 0.479 e. The van der Waals surface area contributed by atoms with E-state index in [1.54, 1.807) is 13.9 Å². The summed E-state index contributed by atoms with van der Waals surface area (Å²) in [7, 11) is 0.785. The van der Waals surface area contributed by atoms with Gasteiger partial charge in [0, 0.05) is 0 Å². The van der Waals surface area contributed by atoms with E-state index in [4.69, 9.17) is 9.29 Å². The highest BCUT2D eigenvalue weighted by Crippen LogP contribution is 2.30. The van der Waals surface area contributed by atoms with Crippen molar-refractivity contribution in [3.05, 3.63) is 28.8 Å². The second-order valence-electron chi connectivity index (χ2n) is 5.19. The zero-order valence-corrected chi connectivity index (χ0v) is 14.1. The van der Waals surface area contributed by atoms with Crippen molar-refractivity contribution < 1.29 is 30.9 Å². The maximum atomic E-state index is 13.0. The predicted molar refractivity (Wildman–Crippen MR) is 90.1 cm³/mol. The van der Waals surface area contributed by atoms with E-state index < -0.39 is 28.2 Å². The minimum atomic E-state index is -4.91. The number of alkyl halides is 3. The van der Waals surface area contributed by atoms with Crippen molar-refractivity contribution in [2.75, 3.05) is 5.75 Å². The molecule has 0 spiro atoms. The Balaban J connectivity index is 3.27. The molecule has 0 saturated heterocycles. The first-order chi connectivity index (χ1) is 10.5. The Kier molecular flexibility index (Phi) is 6.64. The molecular weight excluding hydrogens is 330 g/mol. The Bertz CT molecular complexity index is 650. The van der Waals surface area contributed by atoms with Crippen LogP contribution in [0.3, 0.4) is 0 Å². The van der Waals surface area contributed by atoms with Crippen molar-refractivity contribution in [2.45, 2.75) is 31.2 Å². The lowest BCUT2D eigenvalue weighted by Crippen LogP contribution is -2.40. The Labute approximate surface area is 136 Å². The molecule has 0 aliphatic carbocycles. The molecule has 0 aliphatic heterocycles. The summed E-state index contributed by atoms with van der Waals surface area (Å²) >= 11 is 0. The highest BCUT2D eigenvalue weighted by molar-refractivity contribution is 7.85. The van der Waals surface area contributed by atoms with Gasteiger partial charge in [-0.15, -0.1) is 0 Å². The van der Waals surface area contributed by atoms with Crippen LogP contribution in [0.1, 0.15) is 16.7 Å². The lowest BCUT2D eigenvalue weighted by atomic mass is 9.83. The van der Waals surface area contributed by atoms with E-state index in [1.807, 2.05) is 15.7 Å². The van der Waals surface area contributed by atoms with Gasteiger partial charge in [-0.05, 0) is 17.2 Å². The van der Waals surface area contributed by atoms with Gasteiger partial charge in [0.1, 0.15) is 35.0 Å². The van der Waals surface area contributed by atoms with E-state index in [2.05, 4.69) is 0 Å². The van der Waals surface area contributed by atoms with Crippen LogP contribution < -0.4 is 4.74 Å². The fourth-order valence-electron chi connectivity index (χ4n) is 2.30. The minimum absolute atomic E-state index is 0.00697. The molecule has 0 aromatic heterocycles. The molecule has 0 amide bonds. The van der Waals surface area contributed by atoms with Crippen LogP contribution in [0.4, 0.5) is 13.2 Å². The van der Waals surface area contributed by atoms with Gasteiger partial charge in [-0.2, -0.15) is 21.6 Å². The average molecular weight is 348 g/mol. The number of rotatable bonds is 7. The van der Waals surface area contributed by atoms with Gasteiger partial charge in [0.25, 0.3) is 10.1 Å². The van der Waals surface area contributed by atoms with E-state index in [1.165, 1.54) is 6.07 Å². The summed E-state index contributed by atoms with van der Waals surface area (Å²) < 4.78 is 74.3. The highest BCUT2D eigenvalue weighted by Gasteiger charge is 2.44. The van der Waals surface area contributed by atoms with Gasteiger partial charge in [0.2, 0.25) is 6.10 Å². The second kappa shape index (κ2) is 7.66. The summed E-state index contributed by atoms with van der Waals surface area (Å²) in [6, 6.07) is 3.31. The van der Waals surface area contributed by atoms with Crippen LogP contribution in [0.15, 0.2) is 12.1 Å². The molecule has 1 N–H and O–H groups in total. The average Bonchev–Trinajstić information content (AvgIpc) is 2.43. The van der Waals surface area contributed by atoms with Gasteiger partial charge in [-0.3, -0.25) is 4.55 Å². The third kappa shape index (κ3) is 5.80. The summed E-state index contributed by atoms with van der Waals surface area (Å²) in [4.78, 5) is 0. The van der Waals surface area contributed by atoms with Crippen LogP contribution in [0.25, 0.3) is 0 Å². The third-order valence-corrected chi connectivity index (χ3v) is 4.25. The van der Waals surface area contributed by atoms with Crippen LogP contribution >= 0.6 is 0 Å². The van der Waals surface area contributed by atoms with Crippen molar-refractivity contribution in [2.24, 2.45) is 0 Å². The Hall–Kier alpha value is -1.09. The van der Waals surface area contributed by atoms with Crippen LogP contribution in [-0.4, -0.2) is 54.5 Å². The van der Waals surface area contributed by atoms with Gasteiger partial charge in [0.15, 0.2) is 0 Å². The van der Waals surface area contributed by atoms with Gasteiger partial charge < -0.3 is 4.74 Å².